The van der Waals surface area contributed by atoms with Crippen molar-refractivity contribution < 1.29 is 32.5 Å². The summed E-state index contributed by atoms with van der Waals surface area (Å²) in [6.45, 7) is -0.348. The van der Waals surface area contributed by atoms with Gasteiger partial charge in [0, 0.05) is 11.8 Å². The number of ether oxygens (including phenoxy) is 3. The van der Waals surface area contributed by atoms with Crippen LogP contribution in [0.1, 0.15) is 5.56 Å². The van der Waals surface area contributed by atoms with E-state index in [2.05, 4.69) is 10.3 Å². The summed E-state index contributed by atoms with van der Waals surface area (Å²) in [7, 11) is 3.02. The fourth-order valence-corrected chi connectivity index (χ4v) is 2.31. The highest BCUT2D eigenvalue weighted by Crippen LogP contribution is 2.31. The van der Waals surface area contributed by atoms with Crippen LogP contribution in [0.15, 0.2) is 47.5 Å². The van der Waals surface area contributed by atoms with Crippen molar-refractivity contribution in [2.24, 2.45) is 10.7 Å². The molecular weight excluding hydrogens is 518 g/mol. The summed E-state index contributed by atoms with van der Waals surface area (Å²) in [6, 6.07) is 9.46. The van der Waals surface area contributed by atoms with E-state index in [1.165, 1.54) is 26.4 Å². The molecule has 0 bridgehead atoms. The van der Waals surface area contributed by atoms with E-state index in [4.69, 9.17) is 19.9 Å². The van der Waals surface area contributed by atoms with Gasteiger partial charge in [-0.15, -0.1) is 24.0 Å². The molecular formula is C19H23F3IN3O4. The summed E-state index contributed by atoms with van der Waals surface area (Å²) >= 11 is 0. The van der Waals surface area contributed by atoms with Crippen LogP contribution in [0.2, 0.25) is 0 Å². The van der Waals surface area contributed by atoms with E-state index in [1.807, 2.05) is 0 Å². The van der Waals surface area contributed by atoms with Gasteiger partial charge in [-0.05, 0) is 30.3 Å². The molecule has 2 aromatic rings. The third kappa shape index (κ3) is 7.78. The zero-order chi connectivity index (χ0) is 21.4. The molecule has 11 heteroatoms. The fraction of sp³-hybridized carbons (Fsp3) is 0.316. The number of guanidine groups is 1. The Morgan fingerprint density at radius 1 is 1.13 bits per heavy atom. The molecule has 0 amide bonds. The number of nitrogens with one attached hydrogen (secondary N) is 1. The van der Waals surface area contributed by atoms with Crippen molar-refractivity contribution in [3.8, 4) is 17.2 Å². The summed E-state index contributed by atoms with van der Waals surface area (Å²) in [5, 5.41) is 12.8. The van der Waals surface area contributed by atoms with Crippen molar-refractivity contribution in [2.75, 3.05) is 32.7 Å². The van der Waals surface area contributed by atoms with E-state index < -0.39 is 17.8 Å². The van der Waals surface area contributed by atoms with Gasteiger partial charge in [-0.1, -0.05) is 6.07 Å². The maximum Gasteiger partial charge on any atom is 0.416 e. The van der Waals surface area contributed by atoms with E-state index in [0.717, 1.165) is 12.1 Å². The van der Waals surface area contributed by atoms with Gasteiger partial charge in [0.25, 0.3) is 0 Å². The molecule has 166 valence electrons. The molecule has 2 aromatic carbocycles. The third-order valence-electron chi connectivity index (χ3n) is 3.73. The minimum absolute atomic E-state index is 0. The van der Waals surface area contributed by atoms with E-state index in [-0.39, 0.29) is 48.8 Å². The van der Waals surface area contributed by atoms with Crippen LogP contribution < -0.4 is 25.3 Å². The number of benzene rings is 2. The van der Waals surface area contributed by atoms with Crippen molar-refractivity contribution in [1.29, 1.82) is 0 Å². The van der Waals surface area contributed by atoms with Gasteiger partial charge >= 0.3 is 6.18 Å². The Morgan fingerprint density at radius 3 is 2.47 bits per heavy atom. The van der Waals surface area contributed by atoms with Crippen LogP contribution in [0.3, 0.4) is 0 Å². The highest BCUT2D eigenvalue weighted by molar-refractivity contribution is 14.0. The lowest BCUT2D eigenvalue weighted by molar-refractivity contribution is -0.137. The van der Waals surface area contributed by atoms with Gasteiger partial charge < -0.3 is 30.4 Å². The second-order valence-corrected chi connectivity index (χ2v) is 5.91. The molecule has 1 atom stereocenters. The maximum atomic E-state index is 12.7. The molecule has 0 saturated heterocycles. The first-order chi connectivity index (χ1) is 13.7. The Hall–Kier alpha value is -2.41. The number of anilines is 1. The van der Waals surface area contributed by atoms with E-state index in [0.29, 0.717) is 17.2 Å². The SMILES string of the molecule is COc1ccc(NC(N)=NCC(O)COc2cccc(C(F)(F)F)c2)cc1OC.I. The number of hydrogen-bond acceptors (Lipinski definition) is 5. The highest BCUT2D eigenvalue weighted by Gasteiger charge is 2.30. The predicted octanol–water partition coefficient (Wildman–Crippen LogP) is 3.51. The minimum atomic E-state index is -4.47. The summed E-state index contributed by atoms with van der Waals surface area (Å²) < 4.78 is 53.6. The molecule has 0 aromatic heterocycles. The zero-order valence-electron chi connectivity index (χ0n) is 16.3. The number of nitrogens with two attached hydrogens (primary N) is 1. The number of aliphatic imine (C=N–C) groups is 1. The van der Waals surface area contributed by atoms with Crippen molar-refractivity contribution >= 4 is 35.6 Å². The molecule has 0 aliphatic heterocycles. The molecule has 0 aliphatic rings. The Balaban J connectivity index is 0.00000450. The Bertz CT molecular complexity index is 850. The van der Waals surface area contributed by atoms with Gasteiger partial charge in [-0.25, -0.2) is 0 Å². The van der Waals surface area contributed by atoms with Crippen LogP contribution in [-0.4, -0.2) is 44.5 Å². The molecule has 0 saturated carbocycles. The molecule has 1 unspecified atom stereocenters. The first-order valence-electron chi connectivity index (χ1n) is 8.50. The van der Waals surface area contributed by atoms with Crippen molar-refractivity contribution in [3.63, 3.8) is 0 Å². The molecule has 0 aliphatic carbocycles. The number of rotatable bonds is 8. The molecule has 0 heterocycles. The van der Waals surface area contributed by atoms with Crippen LogP contribution in [0.5, 0.6) is 17.2 Å². The lowest BCUT2D eigenvalue weighted by Gasteiger charge is -2.13. The maximum absolute atomic E-state index is 12.7. The standard InChI is InChI=1S/C19H22F3N3O4.HI/c1-27-16-7-6-13(9-17(16)28-2)25-18(23)24-10-14(26)11-29-15-5-3-4-12(8-15)19(20,21)22;/h3-9,14,26H,10-11H2,1-2H3,(H3,23,24,25);1H. The predicted molar refractivity (Wildman–Crippen MR) is 118 cm³/mol. The number of halogens is 4. The molecule has 7 nitrogen and oxygen atoms in total. The Kier molecular flexibility index (Phi) is 9.99. The lowest BCUT2D eigenvalue weighted by atomic mass is 10.2. The van der Waals surface area contributed by atoms with Gasteiger partial charge in [-0.3, -0.25) is 4.99 Å². The average molecular weight is 541 g/mol. The smallest absolute Gasteiger partial charge is 0.416 e. The molecule has 4 N–H and O–H groups in total. The monoisotopic (exact) mass is 541 g/mol. The van der Waals surface area contributed by atoms with Crippen LogP contribution in [0, 0.1) is 0 Å². The summed E-state index contributed by atoms with van der Waals surface area (Å²) in [5.74, 6) is 1.09. The van der Waals surface area contributed by atoms with Crippen LogP contribution in [0.4, 0.5) is 18.9 Å². The van der Waals surface area contributed by atoms with Gasteiger partial charge in [0.2, 0.25) is 0 Å². The lowest BCUT2D eigenvalue weighted by Crippen LogP contribution is -2.27. The van der Waals surface area contributed by atoms with Gasteiger partial charge in [0.1, 0.15) is 18.5 Å². The summed E-state index contributed by atoms with van der Waals surface area (Å²) in [4.78, 5) is 3.99. The topological polar surface area (TPSA) is 98.3 Å². The van der Waals surface area contributed by atoms with E-state index >= 15 is 0 Å². The van der Waals surface area contributed by atoms with Gasteiger partial charge in [-0.2, -0.15) is 13.2 Å². The summed E-state index contributed by atoms with van der Waals surface area (Å²) in [6.07, 6.45) is -5.53. The van der Waals surface area contributed by atoms with Crippen LogP contribution in [-0.2, 0) is 6.18 Å². The zero-order valence-corrected chi connectivity index (χ0v) is 18.6. The fourth-order valence-electron chi connectivity index (χ4n) is 2.31. The molecule has 0 fully saturated rings. The van der Waals surface area contributed by atoms with E-state index in [1.54, 1.807) is 18.2 Å². The largest absolute Gasteiger partial charge is 0.493 e. The molecule has 30 heavy (non-hydrogen) atoms. The quantitative estimate of drug-likeness (QED) is 0.269. The first kappa shape index (κ1) is 25.6. The van der Waals surface area contributed by atoms with Crippen molar-refractivity contribution in [1.82, 2.24) is 0 Å². The summed E-state index contributed by atoms with van der Waals surface area (Å²) in [5.41, 5.74) is 5.55. The number of nitrogens with zero attached hydrogens (tertiary/aromatic N) is 1. The Morgan fingerprint density at radius 2 is 1.83 bits per heavy atom. The van der Waals surface area contributed by atoms with Crippen molar-refractivity contribution in [3.05, 3.63) is 48.0 Å². The van der Waals surface area contributed by atoms with Gasteiger partial charge in [0.05, 0.1) is 26.3 Å². The van der Waals surface area contributed by atoms with Crippen molar-refractivity contribution in [2.45, 2.75) is 12.3 Å². The first-order valence-corrected chi connectivity index (χ1v) is 8.50. The number of aliphatic hydroxyl groups excluding tert-OH is 1. The normalized spacial score (nSPS) is 12.5. The molecule has 2 rings (SSSR count). The van der Waals surface area contributed by atoms with Crippen LogP contribution >= 0.6 is 24.0 Å². The number of methoxy groups -OCH3 is 2. The second-order valence-electron chi connectivity index (χ2n) is 5.91. The van der Waals surface area contributed by atoms with Gasteiger partial charge in [0.15, 0.2) is 17.5 Å². The minimum Gasteiger partial charge on any atom is -0.493 e. The number of aliphatic hydroxyl groups is 1. The molecule has 0 spiro atoms. The number of hydrogen-bond donors (Lipinski definition) is 3. The average Bonchev–Trinajstić information content (AvgIpc) is 2.70. The van der Waals surface area contributed by atoms with Crippen LogP contribution in [0.25, 0.3) is 0 Å². The Labute approximate surface area is 189 Å². The highest BCUT2D eigenvalue weighted by atomic mass is 127. The third-order valence-corrected chi connectivity index (χ3v) is 3.73. The van der Waals surface area contributed by atoms with E-state index in [9.17, 15) is 18.3 Å². The second kappa shape index (κ2) is 11.7. The number of alkyl halides is 3. The molecule has 0 radical (unpaired) electrons.